The topological polar surface area (TPSA) is 32.6 Å². The second-order valence-electron chi connectivity index (χ2n) is 5.29. The molecule has 0 saturated carbocycles. The summed E-state index contributed by atoms with van der Waals surface area (Å²) >= 11 is 6.04. The molecule has 0 aromatic heterocycles. The molecule has 110 valence electrons. The number of phenolic OH excluding ortho intramolecular Hbond substituents is 1. The first-order valence-corrected chi connectivity index (χ1v) is 7.52. The van der Waals surface area contributed by atoms with Crippen LogP contribution in [0.15, 0.2) is 41.4 Å². The minimum Gasteiger partial charge on any atom is -0.507 e. The molecule has 0 aliphatic heterocycles. The molecule has 0 aliphatic carbocycles. The Kier molecular flexibility index (Phi) is 5.03. The first-order chi connectivity index (χ1) is 10.0. The van der Waals surface area contributed by atoms with E-state index >= 15 is 0 Å². The van der Waals surface area contributed by atoms with Gasteiger partial charge in [0.1, 0.15) is 5.75 Å². The van der Waals surface area contributed by atoms with Gasteiger partial charge in [-0.1, -0.05) is 43.6 Å². The molecule has 0 unspecified atom stereocenters. The summed E-state index contributed by atoms with van der Waals surface area (Å²) in [6.45, 7) is 6.18. The molecule has 0 saturated heterocycles. The summed E-state index contributed by atoms with van der Waals surface area (Å²) in [4.78, 5) is 4.54. The largest absolute Gasteiger partial charge is 0.507 e. The molecule has 0 fully saturated rings. The van der Waals surface area contributed by atoms with Gasteiger partial charge in [-0.3, -0.25) is 4.99 Å². The van der Waals surface area contributed by atoms with Gasteiger partial charge in [0, 0.05) is 16.8 Å². The van der Waals surface area contributed by atoms with Crippen LogP contribution in [0.5, 0.6) is 5.75 Å². The number of rotatable bonds is 4. The van der Waals surface area contributed by atoms with Crippen molar-refractivity contribution in [2.75, 3.05) is 0 Å². The van der Waals surface area contributed by atoms with Crippen LogP contribution in [0.2, 0.25) is 5.02 Å². The van der Waals surface area contributed by atoms with Gasteiger partial charge in [0.05, 0.1) is 5.69 Å². The van der Waals surface area contributed by atoms with E-state index in [-0.39, 0.29) is 5.75 Å². The SMILES string of the molecule is CC[C@@H](C)c1ccccc1N=Cc1cc(Cl)cc(C)c1O. The summed E-state index contributed by atoms with van der Waals surface area (Å²) in [5.41, 5.74) is 3.54. The number of hydrogen-bond acceptors (Lipinski definition) is 2. The zero-order valence-electron chi connectivity index (χ0n) is 12.6. The number of aliphatic imine (C=N–C) groups is 1. The van der Waals surface area contributed by atoms with E-state index in [4.69, 9.17) is 11.6 Å². The van der Waals surface area contributed by atoms with Crippen molar-refractivity contribution in [3.63, 3.8) is 0 Å². The second-order valence-corrected chi connectivity index (χ2v) is 5.72. The molecule has 2 aromatic carbocycles. The Morgan fingerprint density at radius 3 is 2.71 bits per heavy atom. The van der Waals surface area contributed by atoms with E-state index in [2.05, 4.69) is 24.9 Å². The number of phenols is 1. The highest BCUT2D eigenvalue weighted by molar-refractivity contribution is 6.31. The van der Waals surface area contributed by atoms with Crippen molar-refractivity contribution in [3.8, 4) is 5.75 Å². The third kappa shape index (κ3) is 3.64. The summed E-state index contributed by atoms with van der Waals surface area (Å²) in [5, 5.41) is 10.7. The average Bonchev–Trinajstić information content (AvgIpc) is 2.49. The van der Waals surface area contributed by atoms with Crippen molar-refractivity contribution < 1.29 is 5.11 Å². The van der Waals surface area contributed by atoms with Crippen molar-refractivity contribution in [2.24, 2.45) is 4.99 Å². The van der Waals surface area contributed by atoms with Crippen LogP contribution >= 0.6 is 11.6 Å². The van der Waals surface area contributed by atoms with Gasteiger partial charge >= 0.3 is 0 Å². The van der Waals surface area contributed by atoms with Crippen LogP contribution in [-0.4, -0.2) is 11.3 Å². The van der Waals surface area contributed by atoms with E-state index in [1.54, 1.807) is 18.3 Å². The van der Waals surface area contributed by atoms with E-state index in [0.717, 1.165) is 17.7 Å². The summed E-state index contributed by atoms with van der Waals surface area (Å²) < 4.78 is 0. The molecule has 2 aromatic rings. The first kappa shape index (κ1) is 15.6. The lowest BCUT2D eigenvalue weighted by Crippen LogP contribution is -1.92. The fraction of sp³-hybridized carbons (Fsp3) is 0.278. The number of para-hydroxylation sites is 1. The monoisotopic (exact) mass is 301 g/mol. The van der Waals surface area contributed by atoms with Crippen molar-refractivity contribution in [3.05, 3.63) is 58.1 Å². The molecule has 3 heteroatoms. The fourth-order valence-electron chi connectivity index (χ4n) is 2.24. The summed E-state index contributed by atoms with van der Waals surface area (Å²) in [7, 11) is 0. The Balaban J connectivity index is 2.39. The van der Waals surface area contributed by atoms with Gasteiger partial charge in [0.25, 0.3) is 0 Å². The lowest BCUT2D eigenvalue weighted by molar-refractivity contribution is 0.470. The van der Waals surface area contributed by atoms with E-state index in [9.17, 15) is 5.11 Å². The van der Waals surface area contributed by atoms with Gasteiger partial charge in [0.2, 0.25) is 0 Å². The normalized spacial score (nSPS) is 12.8. The van der Waals surface area contributed by atoms with Crippen LogP contribution in [0.1, 0.15) is 42.9 Å². The second kappa shape index (κ2) is 6.77. The number of aryl methyl sites for hydroxylation is 1. The molecule has 0 spiro atoms. The van der Waals surface area contributed by atoms with Crippen molar-refractivity contribution in [1.82, 2.24) is 0 Å². The standard InChI is InChI=1S/C18H20ClNO/c1-4-12(2)16-7-5-6-8-17(16)20-11-14-10-15(19)9-13(3)18(14)21/h5-12,21H,4H2,1-3H3/t12-/m1/s1. The van der Waals surface area contributed by atoms with E-state index in [1.807, 2.05) is 25.1 Å². The van der Waals surface area contributed by atoms with E-state index < -0.39 is 0 Å². The van der Waals surface area contributed by atoms with Crippen LogP contribution in [0.25, 0.3) is 0 Å². The minimum absolute atomic E-state index is 0.226. The fourth-order valence-corrected chi connectivity index (χ4v) is 2.52. The van der Waals surface area contributed by atoms with Crippen LogP contribution in [0.3, 0.4) is 0 Å². The summed E-state index contributed by atoms with van der Waals surface area (Å²) in [6.07, 6.45) is 2.74. The van der Waals surface area contributed by atoms with Gasteiger partial charge in [-0.05, 0) is 48.6 Å². The molecule has 1 N–H and O–H groups in total. The molecule has 2 nitrogen and oxygen atoms in total. The number of hydrogen-bond donors (Lipinski definition) is 1. The number of benzene rings is 2. The summed E-state index contributed by atoms with van der Waals surface area (Å²) in [5.74, 6) is 0.678. The third-order valence-corrected chi connectivity index (χ3v) is 3.94. The quantitative estimate of drug-likeness (QED) is 0.731. The molecule has 0 amide bonds. The Hall–Kier alpha value is -1.80. The molecule has 0 heterocycles. The average molecular weight is 302 g/mol. The maximum absolute atomic E-state index is 10.1. The Morgan fingerprint density at radius 2 is 2.00 bits per heavy atom. The van der Waals surface area contributed by atoms with Crippen LogP contribution < -0.4 is 0 Å². The van der Waals surface area contributed by atoms with Crippen molar-refractivity contribution in [2.45, 2.75) is 33.1 Å². The maximum atomic E-state index is 10.1. The van der Waals surface area contributed by atoms with Crippen molar-refractivity contribution in [1.29, 1.82) is 0 Å². The zero-order valence-corrected chi connectivity index (χ0v) is 13.4. The first-order valence-electron chi connectivity index (χ1n) is 7.15. The smallest absolute Gasteiger partial charge is 0.127 e. The molecule has 21 heavy (non-hydrogen) atoms. The molecule has 0 radical (unpaired) electrons. The Morgan fingerprint density at radius 1 is 1.29 bits per heavy atom. The molecule has 2 rings (SSSR count). The van der Waals surface area contributed by atoms with Crippen LogP contribution in [0, 0.1) is 6.92 Å². The van der Waals surface area contributed by atoms with Gasteiger partial charge in [-0.15, -0.1) is 0 Å². The van der Waals surface area contributed by atoms with Gasteiger partial charge in [-0.25, -0.2) is 0 Å². The van der Waals surface area contributed by atoms with Gasteiger partial charge in [0.15, 0.2) is 0 Å². The third-order valence-electron chi connectivity index (χ3n) is 3.72. The number of aromatic hydroxyl groups is 1. The Bertz CT molecular complexity index is 664. The molecular formula is C18H20ClNO. The Labute approximate surface area is 131 Å². The molecule has 0 aliphatic rings. The highest BCUT2D eigenvalue weighted by Crippen LogP contribution is 2.30. The van der Waals surface area contributed by atoms with E-state index in [1.165, 1.54) is 5.56 Å². The zero-order chi connectivity index (χ0) is 15.4. The molecule has 1 atom stereocenters. The summed E-state index contributed by atoms with van der Waals surface area (Å²) in [6, 6.07) is 11.6. The number of halogens is 1. The maximum Gasteiger partial charge on any atom is 0.127 e. The lowest BCUT2D eigenvalue weighted by Gasteiger charge is -2.11. The predicted molar refractivity (Wildman–Crippen MR) is 90.3 cm³/mol. The lowest BCUT2D eigenvalue weighted by atomic mass is 9.97. The molecule has 0 bridgehead atoms. The predicted octanol–water partition coefficient (Wildman–Crippen LogP) is 5.62. The van der Waals surface area contributed by atoms with Gasteiger partial charge < -0.3 is 5.11 Å². The van der Waals surface area contributed by atoms with Crippen LogP contribution in [0.4, 0.5) is 5.69 Å². The van der Waals surface area contributed by atoms with Crippen LogP contribution in [-0.2, 0) is 0 Å². The highest BCUT2D eigenvalue weighted by Gasteiger charge is 2.08. The van der Waals surface area contributed by atoms with E-state index in [0.29, 0.717) is 16.5 Å². The number of nitrogens with zero attached hydrogens (tertiary/aromatic N) is 1. The highest BCUT2D eigenvalue weighted by atomic mass is 35.5. The van der Waals surface area contributed by atoms with Crippen molar-refractivity contribution >= 4 is 23.5 Å². The minimum atomic E-state index is 0.226. The molecular weight excluding hydrogens is 282 g/mol. The van der Waals surface area contributed by atoms with Gasteiger partial charge in [-0.2, -0.15) is 0 Å².